The molecule has 0 aliphatic carbocycles. The lowest BCUT2D eigenvalue weighted by Crippen LogP contribution is -2.08. The Balaban J connectivity index is 2.06. The molecule has 0 unspecified atom stereocenters. The maximum absolute atomic E-state index is 12.2. The maximum Gasteiger partial charge on any atom is 0.254 e. The second-order valence-corrected chi connectivity index (χ2v) is 7.83. The van der Waals surface area contributed by atoms with Crippen molar-refractivity contribution in [3.8, 4) is 11.1 Å². The molecule has 26 heavy (non-hydrogen) atoms. The van der Waals surface area contributed by atoms with E-state index < -0.39 is 10.0 Å². The number of sulfonamides is 1. The van der Waals surface area contributed by atoms with E-state index in [1.165, 1.54) is 17.4 Å². The van der Waals surface area contributed by atoms with Crippen LogP contribution in [0.25, 0.3) is 21.4 Å². The molecule has 0 spiro atoms. The summed E-state index contributed by atoms with van der Waals surface area (Å²) in [6.07, 6.45) is 0. The van der Waals surface area contributed by atoms with E-state index in [2.05, 4.69) is 16.6 Å². The summed E-state index contributed by atoms with van der Waals surface area (Å²) in [6, 6.07) is 8.10. The first kappa shape index (κ1) is 18.2. The van der Waals surface area contributed by atoms with E-state index in [-0.39, 0.29) is 24.5 Å². The molecule has 0 atom stereocenters. The second kappa shape index (κ2) is 7.32. The van der Waals surface area contributed by atoms with Crippen LogP contribution in [0.2, 0.25) is 0 Å². The third-order valence-electron chi connectivity index (χ3n) is 3.51. The molecule has 3 N–H and O–H groups in total. The van der Waals surface area contributed by atoms with Gasteiger partial charge >= 0.3 is 0 Å². The van der Waals surface area contributed by atoms with Crippen molar-refractivity contribution in [1.82, 2.24) is 0 Å². The van der Waals surface area contributed by atoms with Gasteiger partial charge in [-0.05, 0) is 17.7 Å². The van der Waals surface area contributed by atoms with Crippen LogP contribution in [0.1, 0.15) is 0 Å². The summed E-state index contributed by atoms with van der Waals surface area (Å²) in [6.45, 7) is 3.43. The van der Waals surface area contributed by atoms with Crippen LogP contribution in [0.3, 0.4) is 0 Å². The van der Waals surface area contributed by atoms with Gasteiger partial charge in [-0.2, -0.15) is 0 Å². The summed E-state index contributed by atoms with van der Waals surface area (Å²) in [4.78, 5) is 12.2. The number of fused-ring (bicyclic) bond motifs is 1. The number of benzene rings is 1. The fourth-order valence-electron chi connectivity index (χ4n) is 2.36. The Hall–Kier alpha value is -2.62. The fourth-order valence-corrected chi connectivity index (χ4v) is 3.82. The van der Waals surface area contributed by atoms with Crippen molar-refractivity contribution >= 4 is 43.2 Å². The quantitative estimate of drug-likeness (QED) is 0.571. The Morgan fingerprint density at radius 1 is 1.31 bits per heavy atom. The van der Waals surface area contributed by atoms with Crippen molar-refractivity contribution < 1.29 is 17.9 Å². The van der Waals surface area contributed by atoms with E-state index in [0.717, 1.165) is 5.41 Å². The molecule has 7 nitrogen and oxygen atoms in total. The molecule has 0 saturated heterocycles. The topological polar surface area (TPSA) is 109 Å². The number of rotatable bonds is 7. The Labute approximate surface area is 153 Å². The first-order valence-corrected chi connectivity index (χ1v) is 10.0. The number of hydrogen-bond donors (Lipinski definition) is 3. The molecule has 136 valence electrons. The van der Waals surface area contributed by atoms with E-state index in [1.54, 1.807) is 29.6 Å². The molecule has 3 rings (SSSR count). The Morgan fingerprint density at radius 2 is 2.12 bits per heavy atom. The summed E-state index contributed by atoms with van der Waals surface area (Å²) in [7, 11) is -3.61. The van der Waals surface area contributed by atoms with E-state index >= 15 is 0 Å². The Morgan fingerprint density at radius 3 is 2.85 bits per heavy atom. The van der Waals surface area contributed by atoms with Crippen molar-refractivity contribution in [2.45, 2.75) is 0 Å². The summed E-state index contributed by atoms with van der Waals surface area (Å²) >= 11 is 1.25. The zero-order chi connectivity index (χ0) is 18.7. The molecular formula is C17H16N2O5S2. The highest BCUT2D eigenvalue weighted by Crippen LogP contribution is 2.34. The average molecular weight is 392 g/mol. The molecule has 9 heteroatoms. The lowest BCUT2D eigenvalue weighted by atomic mass is 10.1. The zero-order valence-corrected chi connectivity index (χ0v) is 15.2. The highest BCUT2D eigenvalue weighted by Gasteiger charge is 2.14. The first-order chi connectivity index (χ1) is 12.4. The van der Waals surface area contributed by atoms with Crippen molar-refractivity contribution in [2.75, 3.05) is 23.2 Å². The molecule has 2 aromatic heterocycles. The summed E-state index contributed by atoms with van der Waals surface area (Å²) in [5.74, 6) is 0.264. The minimum Gasteiger partial charge on any atom is -0.439 e. The summed E-state index contributed by atoms with van der Waals surface area (Å²) in [5, 5.41) is 14.3. The highest BCUT2D eigenvalue weighted by atomic mass is 32.2. The second-order valence-electron chi connectivity index (χ2n) is 5.33. The lowest BCUT2D eigenvalue weighted by Gasteiger charge is -2.07. The molecular weight excluding hydrogens is 376 g/mol. The van der Waals surface area contributed by atoms with Gasteiger partial charge in [0.1, 0.15) is 4.70 Å². The van der Waals surface area contributed by atoms with Crippen LogP contribution in [0.5, 0.6) is 0 Å². The van der Waals surface area contributed by atoms with E-state index in [1.807, 2.05) is 0 Å². The van der Waals surface area contributed by atoms with Gasteiger partial charge in [-0.25, -0.2) is 8.42 Å². The first-order valence-electron chi connectivity index (χ1n) is 7.59. The largest absolute Gasteiger partial charge is 0.439 e. The normalized spacial score (nSPS) is 11.4. The number of nitrogens with one attached hydrogen (secondary N) is 2. The minimum absolute atomic E-state index is 0.0935. The van der Waals surface area contributed by atoms with Gasteiger partial charge in [0, 0.05) is 34.7 Å². The van der Waals surface area contributed by atoms with Crippen molar-refractivity contribution in [3.63, 3.8) is 0 Å². The van der Waals surface area contributed by atoms with Gasteiger partial charge in [0.15, 0.2) is 11.5 Å². The van der Waals surface area contributed by atoms with Gasteiger partial charge in [0.2, 0.25) is 5.43 Å². The molecule has 0 amide bonds. The molecule has 0 bridgehead atoms. The molecule has 3 aromatic rings. The Kier molecular flexibility index (Phi) is 5.12. The van der Waals surface area contributed by atoms with Gasteiger partial charge in [-0.1, -0.05) is 18.7 Å². The summed E-state index contributed by atoms with van der Waals surface area (Å²) in [5.41, 5.74) is 1.97. The zero-order valence-electron chi connectivity index (χ0n) is 13.6. The third-order valence-corrected chi connectivity index (χ3v) is 5.44. The van der Waals surface area contributed by atoms with Gasteiger partial charge in [0.05, 0.1) is 6.61 Å². The van der Waals surface area contributed by atoms with Gasteiger partial charge in [-0.3, -0.25) is 9.52 Å². The van der Waals surface area contributed by atoms with Crippen LogP contribution in [-0.2, 0) is 10.0 Å². The predicted octanol–water partition coefficient (Wildman–Crippen LogP) is 2.81. The van der Waals surface area contributed by atoms with Crippen LogP contribution in [0.4, 0.5) is 11.6 Å². The number of thiophene rings is 1. The Bertz CT molecular complexity index is 1120. The third kappa shape index (κ3) is 3.79. The standard InChI is InChI=1S/C17H16N2O5S2/c1-2-26(22,23)19-12-5-3-4-11(8-12)13-10-25-17-14(21)9-15(18-6-7-20)24-16(13)17/h2-5,8-10,18-20H,1,6-7H2. The molecule has 0 fully saturated rings. The van der Waals surface area contributed by atoms with Crippen molar-refractivity contribution in [1.29, 1.82) is 0 Å². The smallest absolute Gasteiger partial charge is 0.254 e. The molecule has 0 radical (unpaired) electrons. The number of aliphatic hydroxyl groups excluding tert-OH is 1. The van der Waals surface area contributed by atoms with Crippen LogP contribution in [0.15, 0.2) is 56.9 Å². The molecule has 0 aliphatic heterocycles. The highest BCUT2D eigenvalue weighted by molar-refractivity contribution is 7.95. The lowest BCUT2D eigenvalue weighted by molar-refractivity contribution is 0.310. The van der Waals surface area contributed by atoms with Crippen molar-refractivity contribution in [3.05, 3.63) is 57.9 Å². The van der Waals surface area contributed by atoms with Crippen molar-refractivity contribution in [2.24, 2.45) is 0 Å². The van der Waals surface area contributed by atoms with Gasteiger partial charge in [0.25, 0.3) is 10.0 Å². The molecule has 0 aliphatic rings. The maximum atomic E-state index is 12.2. The average Bonchev–Trinajstić information content (AvgIpc) is 3.04. The fraction of sp³-hybridized carbons (Fsp3) is 0.118. The molecule has 0 saturated carbocycles. The van der Waals surface area contributed by atoms with Crippen LogP contribution in [-0.4, -0.2) is 26.7 Å². The molecule has 1 aromatic carbocycles. The van der Waals surface area contributed by atoms with Crippen LogP contribution < -0.4 is 15.5 Å². The van der Waals surface area contributed by atoms with E-state index in [4.69, 9.17) is 9.52 Å². The van der Waals surface area contributed by atoms with Gasteiger partial charge < -0.3 is 14.8 Å². The van der Waals surface area contributed by atoms with Crippen LogP contribution in [0, 0.1) is 0 Å². The number of anilines is 2. The van der Waals surface area contributed by atoms with Gasteiger partial charge in [-0.15, -0.1) is 11.3 Å². The monoisotopic (exact) mass is 392 g/mol. The summed E-state index contributed by atoms with van der Waals surface area (Å²) < 4.78 is 31.9. The van der Waals surface area contributed by atoms with Crippen LogP contribution >= 0.6 is 11.3 Å². The van der Waals surface area contributed by atoms with E-state index in [0.29, 0.717) is 27.1 Å². The molecule has 2 heterocycles. The minimum atomic E-state index is -3.61. The number of aliphatic hydroxyl groups is 1. The number of hydrogen-bond acceptors (Lipinski definition) is 7. The predicted molar refractivity (Wildman–Crippen MR) is 104 cm³/mol. The SMILES string of the molecule is C=CS(=O)(=O)Nc1cccc(-c2csc3c(=O)cc(NCCO)oc23)c1. The van der Waals surface area contributed by atoms with E-state index in [9.17, 15) is 13.2 Å².